The SMILES string of the molecule is O=C(O)c1cc(=O)c(OP)co1. The second-order valence-electron chi connectivity index (χ2n) is 1.90. The van der Waals surface area contributed by atoms with Gasteiger partial charge in [-0.1, -0.05) is 0 Å². The first-order valence-electron chi connectivity index (χ1n) is 2.88. The summed E-state index contributed by atoms with van der Waals surface area (Å²) in [5.41, 5.74) is -0.534. The zero-order valence-electron chi connectivity index (χ0n) is 5.81. The van der Waals surface area contributed by atoms with E-state index in [9.17, 15) is 9.59 Å². The van der Waals surface area contributed by atoms with E-state index in [1.165, 1.54) is 0 Å². The molecule has 0 spiro atoms. The van der Waals surface area contributed by atoms with Crippen LogP contribution in [0.3, 0.4) is 0 Å². The number of carbonyl (C=O) groups is 1. The molecular formula is C6H5O5P. The summed E-state index contributed by atoms with van der Waals surface area (Å²) in [6, 6.07) is 0.849. The second kappa shape index (κ2) is 3.36. The molecule has 0 fully saturated rings. The van der Waals surface area contributed by atoms with Gasteiger partial charge in [-0.05, 0) is 0 Å². The van der Waals surface area contributed by atoms with Crippen molar-refractivity contribution in [3.05, 3.63) is 28.3 Å². The van der Waals surface area contributed by atoms with Crippen molar-refractivity contribution in [2.24, 2.45) is 0 Å². The molecule has 1 aromatic rings. The lowest BCUT2D eigenvalue weighted by atomic mass is 10.4. The lowest BCUT2D eigenvalue weighted by Gasteiger charge is -1.96. The van der Waals surface area contributed by atoms with Crippen LogP contribution >= 0.6 is 9.47 Å². The van der Waals surface area contributed by atoms with Crippen molar-refractivity contribution >= 4 is 15.4 Å². The molecule has 0 saturated carbocycles. The molecule has 0 amide bonds. The lowest BCUT2D eigenvalue weighted by Crippen LogP contribution is -2.06. The highest BCUT2D eigenvalue weighted by Gasteiger charge is 2.08. The van der Waals surface area contributed by atoms with Gasteiger partial charge in [0.2, 0.25) is 16.9 Å². The van der Waals surface area contributed by atoms with E-state index in [2.05, 4.69) is 8.94 Å². The molecule has 0 aliphatic rings. The molecule has 0 radical (unpaired) electrons. The van der Waals surface area contributed by atoms with Crippen LogP contribution in [0.15, 0.2) is 21.5 Å². The van der Waals surface area contributed by atoms with Crippen molar-refractivity contribution < 1.29 is 18.8 Å². The molecule has 6 heteroatoms. The van der Waals surface area contributed by atoms with Crippen LogP contribution in [0.2, 0.25) is 0 Å². The van der Waals surface area contributed by atoms with Crippen LogP contribution in [0.25, 0.3) is 0 Å². The molecule has 5 nitrogen and oxygen atoms in total. The second-order valence-corrected chi connectivity index (χ2v) is 2.13. The summed E-state index contributed by atoms with van der Waals surface area (Å²) < 4.78 is 9.05. The van der Waals surface area contributed by atoms with Crippen LogP contribution in [0.5, 0.6) is 5.75 Å². The van der Waals surface area contributed by atoms with Crippen molar-refractivity contribution in [1.29, 1.82) is 0 Å². The number of carboxylic acid groups (broad SMARTS) is 1. The largest absolute Gasteiger partial charge is 0.475 e. The van der Waals surface area contributed by atoms with Gasteiger partial charge in [0.05, 0.1) is 9.47 Å². The van der Waals surface area contributed by atoms with Gasteiger partial charge in [0.15, 0.2) is 0 Å². The summed E-state index contributed by atoms with van der Waals surface area (Å²) in [5.74, 6) is -1.75. The van der Waals surface area contributed by atoms with Gasteiger partial charge in [-0.15, -0.1) is 0 Å². The molecule has 1 N–H and O–H groups in total. The minimum Gasteiger partial charge on any atom is -0.475 e. The molecule has 1 unspecified atom stereocenters. The molecule has 1 aromatic heterocycles. The monoisotopic (exact) mass is 188 g/mol. The van der Waals surface area contributed by atoms with Gasteiger partial charge >= 0.3 is 5.97 Å². The summed E-state index contributed by atoms with van der Waals surface area (Å²) in [7, 11) is 1.86. The fourth-order valence-electron chi connectivity index (χ4n) is 0.597. The zero-order chi connectivity index (χ0) is 9.14. The molecule has 12 heavy (non-hydrogen) atoms. The van der Waals surface area contributed by atoms with Crippen molar-refractivity contribution in [2.75, 3.05) is 0 Å². The highest BCUT2D eigenvalue weighted by atomic mass is 31.0. The molecule has 0 aliphatic carbocycles. The zero-order valence-corrected chi connectivity index (χ0v) is 6.97. The summed E-state index contributed by atoms with van der Waals surface area (Å²) in [6.45, 7) is 0. The average molecular weight is 188 g/mol. The van der Waals surface area contributed by atoms with Crippen LogP contribution < -0.4 is 9.95 Å². The first-order valence-corrected chi connectivity index (χ1v) is 3.35. The molecule has 0 bridgehead atoms. The molecule has 0 aromatic carbocycles. The minimum absolute atomic E-state index is 0.0509. The first kappa shape index (κ1) is 8.74. The number of carboxylic acids is 1. The fraction of sp³-hybridized carbons (Fsp3) is 0. The minimum atomic E-state index is -1.29. The third kappa shape index (κ3) is 1.62. The van der Waals surface area contributed by atoms with E-state index >= 15 is 0 Å². The Morgan fingerprint density at radius 3 is 2.75 bits per heavy atom. The summed E-state index contributed by atoms with van der Waals surface area (Å²) in [4.78, 5) is 21.2. The van der Waals surface area contributed by atoms with E-state index in [0.29, 0.717) is 0 Å². The molecule has 0 aliphatic heterocycles. The van der Waals surface area contributed by atoms with Crippen molar-refractivity contribution in [1.82, 2.24) is 0 Å². The van der Waals surface area contributed by atoms with Crippen molar-refractivity contribution in [2.45, 2.75) is 0 Å². The highest BCUT2D eigenvalue weighted by molar-refractivity contribution is 7.10. The summed E-state index contributed by atoms with van der Waals surface area (Å²) >= 11 is 0. The van der Waals surface area contributed by atoms with E-state index in [-0.39, 0.29) is 5.75 Å². The summed E-state index contributed by atoms with van der Waals surface area (Å²) in [5, 5.41) is 8.39. The van der Waals surface area contributed by atoms with Gasteiger partial charge in [0.1, 0.15) is 6.26 Å². The Morgan fingerprint density at radius 1 is 1.67 bits per heavy atom. The number of hydrogen-bond acceptors (Lipinski definition) is 4. The van der Waals surface area contributed by atoms with E-state index in [1.807, 2.05) is 9.47 Å². The summed E-state index contributed by atoms with van der Waals surface area (Å²) in [6.07, 6.45) is 0.943. The average Bonchev–Trinajstić information content (AvgIpc) is 2.04. The molecule has 0 saturated heterocycles. The predicted molar refractivity (Wildman–Crippen MR) is 42.3 cm³/mol. The van der Waals surface area contributed by atoms with Crippen LogP contribution in [0, 0.1) is 0 Å². The molecule has 64 valence electrons. The maximum absolute atomic E-state index is 10.9. The molecular weight excluding hydrogens is 183 g/mol. The smallest absolute Gasteiger partial charge is 0.371 e. The third-order valence-corrected chi connectivity index (χ3v) is 1.39. The number of hydrogen-bond donors (Lipinski definition) is 1. The molecule has 1 heterocycles. The molecule has 1 rings (SSSR count). The lowest BCUT2D eigenvalue weighted by molar-refractivity contribution is 0.0659. The highest BCUT2D eigenvalue weighted by Crippen LogP contribution is 2.07. The van der Waals surface area contributed by atoms with Gasteiger partial charge in [-0.2, -0.15) is 0 Å². The number of rotatable bonds is 2. The van der Waals surface area contributed by atoms with Crippen LogP contribution in [-0.4, -0.2) is 11.1 Å². The van der Waals surface area contributed by atoms with Gasteiger partial charge in [0.25, 0.3) is 0 Å². The van der Waals surface area contributed by atoms with Crippen LogP contribution in [0.1, 0.15) is 10.6 Å². The van der Waals surface area contributed by atoms with Gasteiger partial charge < -0.3 is 14.0 Å². The number of aromatic carboxylic acids is 1. The maximum atomic E-state index is 10.9. The van der Waals surface area contributed by atoms with Gasteiger partial charge in [-0.25, -0.2) is 4.79 Å². The van der Waals surface area contributed by atoms with Gasteiger partial charge in [0, 0.05) is 6.07 Å². The predicted octanol–water partition coefficient (Wildman–Crippen LogP) is 0.507. The Labute approximate surface area is 69.2 Å². The standard InChI is InChI=1S/C6H5O5P/c7-3-1-4(6(8)9)10-2-5(3)11-12/h1-2H,12H2,(H,8,9). The van der Waals surface area contributed by atoms with Crippen molar-refractivity contribution in [3.8, 4) is 5.75 Å². The van der Waals surface area contributed by atoms with E-state index in [1.54, 1.807) is 0 Å². The van der Waals surface area contributed by atoms with Crippen molar-refractivity contribution in [3.63, 3.8) is 0 Å². The Kier molecular flexibility index (Phi) is 2.45. The maximum Gasteiger partial charge on any atom is 0.371 e. The van der Waals surface area contributed by atoms with Gasteiger partial charge in [-0.3, -0.25) is 4.79 Å². The Balaban J connectivity index is 3.19. The Hall–Kier alpha value is -1.35. The van der Waals surface area contributed by atoms with E-state index < -0.39 is 17.2 Å². The van der Waals surface area contributed by atoms with E-state index in [0.717, 1.165) is 12.3 Å². The topological polar surface area (TPSA) is 76.7 Å². The van der Waals surface area contributed by atoms with E-state index in [4.69, 9.17) is 5.11 Å². The normalized spacial score (nSPS) is 9.42. The Bertz CT molecular complexity index is 355. The third-order valence-electron chi connectivity index (χ3n) is 1.14. The molecule has 1 atom stereocenters. The first-order chi connectivity index (χ1) is 5.65. The van der Waals surface area contributed by atoms with Crippen LogP contribution in [0.4, 0.5) is 0 Å². The van der Waals surface area contributed by atoms with Crippen LogP contribution in [-0.2, 0) is 0 Å². The Morgan fingerprint density at radius 2 is 2.33 bits per heavy atom. The quantitative estimate of drug-likeness (QED) is 0.684. The fourth-order valence-corrected chi connectivity index (χ4v) is 0.769.